The van der Waals surface area contributed by atoms with Gasteiger partial charge in [0, 0.05) is 6.61 Å². The number of nitrogens with zero attached hydrogens (tertiary/aromatic N) is 1. The molecular formula is C10H12N2O. The van der Waals surface area contributed by atoms with Crippen molar-refractivity contribution in [2.45, 2.75) is 25.4 Å². The van der Waals surface area contributed by atoms with Crippen LogP contribution in [0.4, 0.5) is 0 Å². The number of ether oxygens (including phenoxy) is 1. The van der Waals surface area contributed by atoms with Gasteiger partial charge in [0.1, 0.15) is 6.10 Å². The Morgan fingerprint density at radius 3 is 3.23 bits per heavy atom. The second-order valence-corrected chi connectivity index (χ2v) is 3.20. The molecule has 0 saturated carbocycles. The summed E-state index contributed by atoms with van der Waals surface area (Å²) in [6, 6.07) is 0. The number of terminal acetylenes is 1. The Kier molecular flexibility index (Phi) is 2.33. The Labute approximate surface area is 77.5 Å². The summed E-state index contributed by atoms with van der Waals surface area (Å²) in [6.07, 6.45) is 10.5. The van der Waals surface area contributed by atoms with E-state index in [1.807, 2.05) is 0 Å². The molecule has 1 saturated heterocycles. The lowest BCUT2D eigenvalue weighted by atomic mass is 10.0. The summed E-state index contributed by atoms with van der Waals surface area (Å²) in [4.78, 5) is 0. The number of hydrogen-bond acceptors (Lipinski definition) is 2. The van der Waals surface area contributed by atoms with Crippen molar-refractivity contribution in [3.05, 3.63) is 17.5 Å². The van der Waals surface area contributed by atoms with E-state index in [0.29, 0.717) is 0 Å². The second kappa shape index (κ2) is 3.63. The van der Waals surface area contributed by atoms with Crippen molar-refractivity contribution in [3.8, 4) is 12.3 Å². The first-order valence-corrected chi connectivity index (χ1v) is 4.53. The minimum Gasteiger partial charge on any atom is -0.372 e. The molecule has 3 nitrogen and oxygen atoms in total. The van der Waals surface area contributed by atoms with Crippen LogP contribution in [-0.2, 0) is 4.74 Å². The maximum absolute atomic E-state index is 5.60. The first-order chi connectivity index (χ1) is 6.42. The predicted octanol–water partition coefficient (Wildman–Crippen LogP) is 1.63. The maximum atomic E-state index is 5.60. The number of H-pyrrole nitrogens is 1. The molecule has 0 unspecified atom stereocenters. The van der Waals surface area contributed by atoms with Crippen molar-refractivity contribution >= 4 is 0 Å². The van der Waals surface area contributed by atoms with Gasteiger partial charge in [0.25, 0.3) is 0 Å². The van der Waals surface area contributed by atoms with Crippen molar-refractivity contribution in [3.63, 3.8) is 0 Å². The van der Waals surface area contributed by atoms with Crippen molar-refractivity contribution in [1.29, 1.82) is 0 Å². The van der Waals surface area contributed by atoms with Gasteiger partial charge in [0.05, 0.1) is 17.5 Å². The smallest absolute Gasteiger partial charge is 0.100 e. The third kappa shape index (κ3) is 1.58. The Morgan fingerprint density at radius 1 is 1.62 bits per heavy atom. The molecule has 1 aromatic heterocycles. The van der Waals surface area contributed by atoms with E-state index in [-0.39, 0.29) is 6.10 Å². The zero-order valence-corrected chi connectivity index (χ0v) is 7.42. The number of aromatic nitrogens is 2. The van der Waals surface area contributed by atoms with Crippen LogP contribution in [0.25, 0.3) is 0 Å². The number of rotatable bonds is 1. The fourth-order valence-corrected chi connectivity index (χ4v) is 1.62. The molecule has 0 aliphatic carbocycles. The van der Waals surface area contributed by atoms with Gasteiger partial charge in [-0.2, -0.15) is 5.10 Å². The van der Waals surface area contributed by atoms with E-state index in [1.165, 1.54) is 6.42 Å². The van der Waals surface area contributed by atoms with Crippen LogP contribution < -0.4 is 0 Å². The fourth-order valence-electron chi connectivity index (χ4n) is 1.62. The van der Waals surface area contributed by atoms with E-state index in [1.54, 1.807) is 6.20 Å². The van der Waals surface area contributed by atoms with Crippen molar-refractivity contribution in [2.24, 2.45) is 0 Å². The largest absolute Gasteiger partial charge is 0.372 e. The van der Waals surface area contributed by atoms with Gasteiger partial charge in [-0.05, 0) is 19.3 Å². The van der Waals surface area contributed by atoms with Crippen molar-refractivity contribution < 1.29 is 4.74 Å². The third-order valence-electron chi connectivity index (χ3n) is 2.33. The molecule has 2 heterocycles. The van der Waals surface area contributed by atoms with Crippen molar-refractivity contribution in [2.75, 3.05) is 6.61 Å². The Hall–Kier alpha value is -1.27. The maximum Gasteiger partial charge on any atom is 0.100 e. The van der Waals surface area contributed by atoms with Crippen LogP contribution in [0.1, 0.15) is 36.6 Å². The predicted molar refractivity (Wildman–Crippen MR) is 49.1 cm³/mol. The van der Waals surface area contributed by atoms with Gasteiger partial charge in [-0.1, -0.05) is 5.92 Å². The highest BCUT2D eigenvalue weighted by Gasteiger charge is 2.19. The van der Waals surface area contributed by atoms with Crippen LogP contribution in [-0.4, -0.2) is 16.8 Å². The molecule has 1 N–H and O–H groups in total. The van der Waals surface area contributed by atoms with E-state index < -0.39 is 0 Å². The molecule has 3 heteroatoms. The van der Waals surface area contributed by atoms with Crippen LogP contribution in [0.5, 0.6) is 0 Å². The van der Waals surface area contributed by atoms with E-state index >= 15 is 0 Å². The highest BCUT2D eigenvalue weighted by molar-refractivity contribution is 5.35. The summed E-state index contributed by atoms with van der Waals surface area (Å²) in [5, 5.41) is 6.83. The van der Waals surface area contributed by atoms with Crippen LogP contribution in [0, 0.1) is 12.3 Å². The lowest BCUT2D eigenvalue weighted by Gasteiger charge is -2.21. The van der Waals surface area contributed by atoms with Gasteiger partial charge in [-0.15, -0.1) is 6.42 Å². The van der Waals surface area contributed by atoms with Gasteiger partial charge < -0.3 is 4.74 Å². The molecule has 0 bridgehead atoms. The minimum atomic E-state index is 0.127. The number of hydrogen-bond donors (Lipinski definition) is 1. The van der Waals surface area contributed by atoms with Gasteiger partial charge in [-0.25, -0.2) is 0 Å². The van der Waals surface area contributed by atoms with E-state index in [4.69, 9.17) is 11.2 Å². The standard InChI is InChI=1S/C10H12N2O/c1-2-8-7-11-12-10(8)9-5-3-4-6-13-9/h1,7,9H,3-6H2,(H,11,12)/t9-/m0/s1. The fraction of sp³-hybridized carbons (Fsp3) is 0.500. The second-order valence-electron chi connectivity index (χ2n) is 3.20. The van der Waals surface area contributed by atoms with Gasteiger partial charge in [-0.3, -0.25) is 5.10 Å². The molecule has 1 aliphatic rings. The highest BCUT2D eigenvalue weighted by Crippen LogP contribution is 2.27. The highest BCUT2D eigenvalue weighted by atomic mass is 16.5. The Bertz CT molecular complexity index is 318. The molecule has 0 amide bonds. The summed E-state index contributed by atoms with van der Waals surface area (Å²) >= 11 is 0. The van der Waals surface area contributed by atoms with E-state index in [9.17, 15) is 0 Å². The molecule has 0 aromatic carbocycles. The zero-order valence-electron chi connectivity index (χ0n) is 7.42. The third-order valence-corrected chi connectivity index (χ3v) is 2.33. The topological polar surface area (TPSA) is 37.9 Å². The SMILES string of the molecule is C#Cc1cn[nH]c1[C@@H]1CCCCO1. The number of aromatic amines is 1. The molecule has 68 valence electrons. The van der Waals surface area contributed by atoms with Crippen LogP contribution >= 0.6 is 0 Å². The van der Waals surface area contributed by atoms with E-state index in [0.717, 1.165) is 30.7 Å². The summed E-state index contributed by atoms with van der Waals surface area (Å²) in [6.45, 7) is 0.827. The molecule has 1 aliphatic heterocycles. The van der Waals surface area contributed by atoms with Crippen LogP contribution in [0.2, 0.25) is 0 Å². The zero-order chi connectivity index (χ0) is 9.10. The van der Waals surface area contributed by atoms with Crippen LogP contribution in [0.15, 0.2) is 6.20 Å². The van der Waals surface area contributed by atoms with Crippen LogP contribution in [0.3, 0.4) is 0 Å². The molecular weight excluding hydrogens is 164 g/mol. The Morgan fingerprint density at radius 2 is 2.54 bits per heavy atom. The van der Waals surface area contributed by atoms with Gasteiger partial charge >= 0.3 is 0 Å². The summed E-state index contributed by atoms with van der Waals surface area (Å²) in [7, 11) is 0. The summed E-state index contributed by atoms with van der Waals surface area (Å²) < 4.78 is 5.60. The monoisotopic (exact) mass is 176 g/mol. The molecule has 1 aromatic rings. The average molecular weight is 176 g/mol. The van der Waals surface area contributed by atoms with Gasteiger partial charge in [0.2, 0.25) is 0 Å². The van der Waals surface area contributed by atoms with Gasteiger partial charge in [0.15, 0.2) is 0 Å². The minimum absolute atomic E-state index is 0.127. The van der Waals surface area contributed by atoms with E-state index in [2.05, 4.69) is 16.1 Å². The quantitative estimate of drug-likeness (QED) is 0.660. The molecule has 13 heavy (non-hydrogen) atoms. The lowest BCUT2D eigenvalue weighted by Crippen LogP contribution is -2.12. The van der Waals surface area contributed by atoms with Crippen molar-refractivity contribution in [1.82, 2.24) is 10.2 Å². The summed E-state index contributed by atoms with van der Waals surface area (Å²) in [5.41, 5.74) is 1.79. The molecule has 1 atom stereocenters. The lowest BCUT2D eigenvalue weighted by molar-refractivity contribution is 0.0121. The Balaban J connectivity index is 2.19. The average Bonchev–Trinajstić information content (AvgIpc) is 2.67. The molecule has 0 spiro atoms. The normalized spacial score (nSPS) is 22.5. The first-order valence-electron chi connectivity index (χ1n) is 4.53. The molecule has 1 fully saturated rings. The number of nitrogens with one attached hydrogen (secondary N) is 1. The first kappa shape index (κ1) is 8.33. The molecule has 0 radical (unpaired) electrons. The summed E-state index contributed by atoms with van der Waals surface area (Å²) in [5.74, 6) is 2.60. The molecule has 2 rings (SSSR count).